The van der Waals surface area contributed by atoms with Gasteiger partial charge >= 0.3 is 11.9 Å². The smallest absolute Gasteiger partial charge is 0.336 e. The van der Waals surface area contributed by atoms with Gasteiger partial charge in [0.15, 0.2) is 0 Å². The van der Waals surface area contributed by atoms with Crippen LogP contribution in [-0.4, -0.2) is 33.0 Å². The minimum absolute atomic E-state index is 0.135. The number of hydrogen-bond acceptors (Lipinski definition) is 4. The summed E-state index contributed by atoms with van der Waals surface area (Å²) in [5, 5.41) is 24.0. The van der Waals surface area contributed by atoms with Gasteiger partial charge in [0, 0.05) is 16.5 Å². The maximum absolute atomic E-state index is 13.3. The first-order chi connectivity index (χ1) is 21.8. The lowest BCUT2D eigenvalue weighted by Gasteiger charge is -2.20. The average Bonchev–Trinajstić information content (AvgIpc) is 3.04. The normalized spacial score (nSPS) is 12.2. The number of pyridine rings is 1. The SMILES string of the molecule is O=C(C=C(C(=O)O)c1ccccc1)NC(CCc1ccccc1C(=O)O)c1cccc(/C=C/c2ccc3ccc(Cl)cc3n2)c1. The fraction of sp³-hybridized carbons (Fsp3) is 0.0811. The van der Waals surface area contributed by atoms with E-state index in [2.05, 4.69) is 10.3 Å². The molecule has 0 saturated heterocycles. The Morgan fingerprint density at radius 1 is 0.822 bits per heavy atom. The van der Waals surface area contributed by atoms with Gasteiger partial charge in [-0.25, -0.2) is 14.6 Å². The average molecular weight is 617 g/mol. The third kappa shape index (κ3) is 8.10. The maximum Gasteiger partial charge on any atom is 0.336 e. The summed E-state index contributed by atoms with van der Waals surface area (Å²) < 4.78 is 0. The van der Waals surface area contributed by atoms with Gasteiger partial charge in [0.25, 0.3) is 0 Å². The van der Waals surface area contributed by atoms with E-state index in [4.69, 9.17) is 11.6 Å². The van der Waals surface area contributed by atoms with E-state index in [9.17, 15) is 24.6 Å². The zero-order chi connectivity index (χ0) is 31.8. The van der Waals surface area contributed by atoms with Gasteiger partial charge in [-0.1, -0.05) is 96.5 Å². The van der Waals surface area contributed by atoms with Crippen LogP contribution in [0.1, 0.15) is 50.8 Å². The molecule has 0 fully saturated rings. The Hall–Kier alpha value is -5.53. The fourth-order valence-corrected chi connectivity index (χ4v) is 5.23. The zero-order valence-corrected chi connectivity index (χ0v) is 24.8. The van der Waals surface area contributed by atoms with Crippen molar-refractivity contribution in [2.24, 2.45) is 0 Å². The number of halogens is 1. The summed E-state index contributed by atoms with van der Waals surface area (Å²) in [4.78, 5) is 41.7. The number of hydrogen-bond donors (Lipinski definition) is 3. The van der Waals surface area contributed by atoms with Crippen LogP contribution in [0.2, 0.25) is 5.02 Å². The van der Waals surface area contributed by atoms with Crippen molar-refractivity contribution in [3.8, 4) is 0 Å². The highest BCUT2D eigenvalue weighted by molar-refractivity contribution is 6.31. The second-order valence-electron chi connectivity index (χ2n) is 10.4. The second-order valence-corrected chi connectivity index (χ2v) is 10.8. The molecule has 1 amide bonds. The Balaban J connectivity index is 1.43. The van der Waals surface area contributed by atoms with Crippen molar-refractivity contribution in [1.29, 1.82) is 0 Å². The van der Waals surface area contributed by atoms with E-state index in [-0.39, 0.29) is 11.1 Å². The molecule has 1 unspecified atom stereocenters. The fourth-order valence-electron chi connectivity index (χ4n) is 5.06. The molecule has 4 aromatic carbocycles. The van der Waals surface area contributed by atoms with Gasteiger partial charge in [0.05, 0.1) is 28.4 Å². The van der Waals surface area contributed by atoms with Crippen molar-refractivity contribution in [2.75, 3.05) is 0 Å². The summed E-state index contributed by atoms with van der Waals surface area (Å²) in [7, 11) is 0. The number of amides is 1. The van der Waals surface area contributed by atoms with Crippen molar-refractivity contribution < 1.29 is 24.6 Å². The van der Waals surface area contributed by atoms with Crippen molar-refractivity contribution in [3.63, 3.8) is 0 Å². The zero-order valence-electron chi connectivity index (χ0n) is 24.1. The Morgan fingerprint density at radius 2 is 1.58 bits per heavy atom. The summed E-state index contributed by atoms with van der Waals surface area (Å²) in [5.74, 6) is -2.83. The third-order valence-corrected chi connectivity index (χ3v) is 7.53. The minimum atomic E-state index is -1.22. The number of benzene rings is 4. The number of nitrogens with zero attached hydrogens (tertiary/aromatic N) is 1. The van der Waals surface area contributed by atoms with Crippen LogP contribution in [0.15, 0.2) is 115 Å². The predicted octanol–water partition coefficient (Wildman–Crippen LogP) is 7.72. The standard InChI is InChI=1S/C37H29ClN2O5/c38-29-17-14-27-15-19-30(39-34(27)22-29)18-13-24-7-6-11-28(21-24)33(20-16-26-10-4-5-12-31(26)36(42)43)40-35(41)23-32(37(44)45)25-8-2-1-3-9-25/h1-15,17-19,21-23,33H,16,20H2,(H,40,41)(H,42,43)(H,44,45)/b18-13+,32-23?. The van der Waals surface area contributed by atoms with Crippen LogP contribution in [0.4, 0.5) is 0 Å². The maximum atomic E-state index is 13.3. The number of carbonyl (C=O) groups is 3. The Morgan fingerprint density at radius 3 is 2.36 bits per heavy atom. The number of carboxylic acids is 2. The molecule has 0 aliphatic carbocycles. The topological polar surface area (TPSA) is 117 Å². The lowest BCUT2D eigenvalue weighted by Crippen LogP contribution is -2.28. The van der Waals surface area contributed by atoms with Crippen LogP contribution in [-0.2, 0) is 16.0 Å². The molecular formula is C37H29ClN2O5. The van der Waals surface area contributed by atoms with E-state index in [1.165, 1.54) is 0 Å². The molecule has 5 aromatic rings. The monoisotopic (exact) mass is 616 g/mol. The number of fused-ring (bicyclic) bond motifs is 1. The molecule has 5 rings (SSSR count). The number of aromatic carboxylic acids is 1. The van der Waals surface area contributed by atoms with Crippen LogP contribution in [0, 0.1) is 0 Å². The molecule has 0 spiro atoms. The quantitative estimate of drug-likeness (QED) is 0.131. The number of aliphatic carboxylic acids is 1. The minimum Gasteiger partial charge on any atom is -0.478 e. The van der Waals surface area contributed by atoms with Crippen LogP contribution in [0.5, 0.6) is 0 Å². The highest BCUT2D eigenvalue weighted by Crippen LogP contribution is 2.24. The third-order valence-electron chi connectivity index (χ3n) is 7.29. The number of carboxylic acid groups (broad SMARTS) is 2. The Labute approximate surface area is 265 Å². The molecule has 224 valence electrons. The number of aromatic nitrogens is 1. The van der Waals surface area contributed by atoms with Gasteiger partial charge in [-0.2, -0.15) is 0 Å². The summed E-state index contributed by atoms with van der Waals surface area (Å²) in [5.41, 5.74) is 4.27. The van der Waals surface area contributed by atoms with Gasteiger partial charge in [0.2, 0.25) is 5.91 Å². The molecule has 0 bridgehead atoms. The van der Waals surface area contributed by atoms with Crippen LogP contribution in [0.3, 0.4) is 0 Å². The summed E-state index contributed by atoms with van der Waals surface area (Å²) in [6, 6.07) is 31.7. The molecule has 1 heterocycles. The number of carbonyl (C=O) groups excluding carboxylic acids is 1. The van der Waals surface area contributed by atoms with E-state index in [0.717, 1.165) is 33.8 Å². The molecule has 0 aliphatic rings. The molecule has 1 atom stereocenters. The Bertz CT molecular complexity index is 1930. The highest BCUT2D eigenvalue weighted by atomic mass is 35.5. The molecule has 7 nitrogen and oxygen atoms in total. The number of aryl methyl sites for hydroxylation is 1. The van der Waals surface area contributed by atoms with E-state index >= 15 is 0 Å². The van der Waals surface area contributed by atoms with Gasteiger partial charge in [0.1, 0.15) is 0 Å². The molecule has 0 saturated carbocycles. The van der Waals surface area contributed by atoms with Crippen LogP contribution >= 0.6 is 11.6 Å². The first-order valence-corrected chi connectivity index (χ1v) is 14.6. The van der Waals surface area contributed by atoms with Crippen molar-refractivity contribution in [1.82, 2.24) is 10.3 Å². The lowest BCUT2D eigenvalue weighted by molar-refractivity contribution is -0.130. The van der Waals surface area contributed by atoms with Gasteiger partial charge in [-0.3, -0.25) is 4.79 Å². The van der Waals surface area contributed by atoms with Gasteiger partial charge in [-0.15, -0.1) is 0 Å². The largest absolute Gasteiger partial charge is 0.478 e. The second kappa shape index (κ2) is 14.3. The van der Waals surface area contributed by atoms with Crippen LogP contribution < -0.4 is 5.32 Å². The van der Waals surface area contributed by atoms with Crippen molar-refractivity contribution >= 4 is 58.1 Å². The molecule has 3 N–H and O–H groups in total. The number of nitrogens with one attached hydrogen (secondary N) is 1. The van der Waals surface area contributed by atoms with E-state index < -0.39 is 23.9 Å². The highest BCUT2D eigenvalue weighted by Gasteiger charge is 2.19. The van der Waals surface area contributed by atoms with Crippen molar-refractivity contribution in [3.05, 3.63) is 154 Å². The van der Waals surface area contributed by atoms with Crippen molar-refractivity contribution in [2.45, 2.75) is 18.9 Å². The van der Waals surface area contributed by atoms with E-state index in [0.29, 0.717) is 29.0 Å². The summed E-state index contributed by atoms with van der Waals surface area (Å²) in [6.07, 6.45) is 5.62. The summed E-state index contributed by atoms with van der Waals surface area (Å²) in [6.45, 7) is 0. The van der Waals surface area contributed by atoms with E-state index in [1.54, 1.807) is 54.6 Å². The molecule has 1 aromatic heterocycles. The molecule has 8 heteroatoms. The first-order valence-electron chi connectivity index (χ1n) is 14.2. The molecule has 0 radical (unpaired) electrons. The molecule has 45 heavy (non-hydrogen) atoms. The molecule has 0 aliphatic heterocycles. The van der Waals surface area contributed by atoms with E-state index in [1.807, 2.05) is 66.7 Å². The first kappa shape index (κ1) is 30.9. The van der Waals surface area contributed by atoms with Gasteiger partial charge in [-0.05, 0) is 71.5 Å². The van der Waals surface area contributed by atoms with Gasteiger partial charge < -0.3 is 15.5 Å². The molecular weight excluding hydrogens is 588 g/mol. The number of rotatable bonds is 11. The lowest BCUT2D eigenvalue weighted by atomic mass is 9.95. The van der Waals surface area contributed by atoms with Crippen LogP contribution in [0.25, 0.3) is 28.6 Å². The predicted molar refractivity (Wildman–Crippen MR) is 177 cm³/mol. The Kier molecular flexibility index (Phi) is 9.82. The summed E-state index contributed by atoms with van der Waals surface area (Å²) >= 11 is 6.14.